The average Bonchev–Trinajstić information content (AvgIpc) is 2.45. The molecule has 0 radical (unpaired) electrons. The normalized spacial score (nSPS) is 11.6. The summed E-state index contributed by atoms with van der Waals surface area (Å²) in [5.41, 5.74) is 1.15. The van der Waals surface area contributed by atoms with Crippen LogP contribution < -0.4 is 5.32 Å². The minimum absolute atomic E-state index is 0.0675. The Kier molecular flexibility index (Phi) is 8.08. The Morgan fingerprint density at radius 3 is 2.60 bits per heavy atom. The largest absolute Gasteiger partial charge is 0.373 e. The molecule has 1 rings (SSSR count). The van der Waals surface area contributed by atoms with Crippen LogP contribution in [0.4, 0.5) is 0 Å². The van der Waals surface area contributed by atoms with Gasteiger partial charge in [-0.2, -0.15) is 0 Å². The lowest BCUT2D eigenvalue weighted by Crippen LogP contribution is -2.25. The molecule has 20 heavy (non-hydrogen) atoms. The maximum atomic E-state index is 11.4. The molecule has 0 heterocycles. The van der Waals surface area contributed by atoms with Gasteiger partial charge in [-0.3, -0.25) is 4.79 Å². The lowest BCUT2D eigenvalue weighted by molar-refractivity contribution is -0.116. The molecule has 0 bridgehead atoms. The summed E-state index contributed by atoms with van der Waals surface area (Å²) in [7, 11) is 0. The van der Waals surface area contributed by atoms with Crippen molar-refractivity contribution in [2.75, 3.05) is 19.8 Å². The highest BCUT2D eigenvalue weighted by atomic mass is 16.5. The zero-order valence-electron chi connectivity index (χ0n) is 12.2. The van der Waals surface area contributed by atoms with Gasteiger partial charge in [0.15, 0.2) is 0 Å². The number of nitrogens with one attached hydrogen (secondary N) is 1. The Bertz CT molecular complexity index is 436. The van der Waals surface area contributed by atoms with Crippen molar-refractivity contribution in [1.29, 1.82) is 0 Å². The van der Waals surface area contributed by atoms with Gasteiger partial charge in [-0.25, -0.2) is 0 Å². The van der Waals surface area contributed by atoms with Gasteiger partial charge in [0.2, 0.25) is 5.91 Å². The molecule has 1 aromatic carbocycles. The fourth-order valence-corrected chi connectivity index (χ4v) is 1.47. The highest BCUT2D eigenvalue weighted by Crippen LogP contribution is 2.00. The van der Waals surface area contributed by atoms with Crippen molar-refractivity contribution in [1.82, 2.24) is 5.32 Å². The Morgan fingerprint density at radius 1 is 1.20 bits per heavy atom. The molecule has 0 aliphatic carbocycles. The molecule has 1 N–H and O–H groups in total. The maximum Gasteiger partial charge on any atom is 0.243 e. The number of carbonyl (C=O) groups is 1. The first kappa shape index (κ1) is 16.2. The molecule has 0 atom stereocenters. The summed E-state index contributed by atoms with van der Waals surface area (Å²) in [6.07, 6.45) is 7.22. The smallest absolute Gasteiger partial charge is 0.243 e. The van der Waals surface area contributed by atoms with E-state index in [1.165, 1.54) is 6.08 Å². The fraction of sp³-hybridized carbons (Fsp3) is 0.353. The molecule has 0 spiro atoms. The van der Waals surface area contributed by atoms with E-state index in [-0.39, 0.29) is 5.91 Å². The van der Waals surface area contributed by atoms with E-state index in [0.29, 0.717) is 25.7 Å². The highest BCUT2D eigenvalue weighted by Gasteiger charge is 1.96. The molecule has 0 saturated heterocycles. The molecule has 0 aliphatic rings. The van der Waals surface area contributed by atoms with Crippen molar-refractivity contribution in [3.8, 4) is 0 Å². The Morgan fingerprint density at radius 2 is 1.90 bits per heavy atom. The third-order valence-corrected chi connectivity index (χ3v) is 2.49. The maximum absolute atomic E-state index is 11.4. The Balaban J connectivity index is 2.10. The molecular formula is C17H23NO2. The third-order valence-electron chi connectivity index (χ3n) is 2.49. The van der Waals surface area contributed by atoms with E-state index in [0.717, 1.165) is 5.56 Å². The van der Waals surface area contributed by atoms with Gasteiger partial charge in [-0.05, 0) is 11.5 Å². The van der Waals surface area contributed by atoms with E-state index in [2.05, 4.69) is 19.2 Å². The second-order valence-electron chi connectivity index (χ2n) is 4.89. The molecule has 3 nitrogen and oxygen atoms in total. The van der Waals surface area contributed by atoms with Gasteiger partial charge in [0, 0.05) is 12.6 Å². The van der Waals surface area contributed by atoms with Gasteiger partial charge in [-0.15, -0.1) is 0 Å². The van der Waals surface area contributed by atoms with Crippen molar-refractivity contribution in [2.45, 2.75) is 13.8 Å². The number of benzene rings is 1. The van der Waals surface area contributed by atoms with Crippen molar-refractivity contribution in [3.63, 3.8) is 0 Å². The van der Waals surface area contributed by atoms with E-state index in [9.17, 15) is 4.79 Å². The van der Waals surface area contributed by atoms with Gasteiger partial charge in [0.1, 0.15) is 0 Å². The third kappa shape index (κ3) is 8.27. The van der Waals surface area contributed by atoms with Crippen LogP contribution in [0.1, 0.15) is 19.4 Å². The molecule has 108 valence electrons. The second-order valence-corrected chi connectivity index (χ2v) is 4.89. The highest BCUT2D eigenvalue weighted by molar-refractivity contribution is 5.87. The molecule has 3 heteroatoms. The number of amides is 1. The van der Waals surface area contributed by atoms with Gasteiger partial charge in [-0.1, -0.05) is 62.4 Å². The van der Waals surface area contributed by atoms with Crippen molar-refractivity contribution in [2.24, 2.45) is 5.92 Å². The zero-order valence-corrected chi connectivity index (χ0v) is 12.2. The number of hydrogen-bond acceptors (Lipinski definition) is 2. The summed E-state index contributed by atoms with van der Waals surface area (Å²) in [4.78, 5) is 11.4. The number of carbonyl (C=O) groups excluding carboxylic acids is 1. The first-order valence-corrected chi connectivity index (χ1v) is 6.92. The molecular weight excluding hydrogens is 250 g/mol. The first-order chi connectivity index (χ1) is 9.68. The number of ether oxygens (including phenoxy) is 1. The summed E-state index contributed by atoms with van der Waals surface area (Å²) in [5.74, 6) is 0.397. The van der Waals surface area contributed by atoms with E-state index >= 15 is 0 Å². The van der Waals surface area contributed by atoms with E-state index in [1.807, 2.05) is 42.5 Å². The number of hydrogen-bond donors (Lipinski definition) is 1. The Hall–Kier alpha value is -1.87. The number of rotatable bonds is 8. The predicted molar refractivity (Wildman–Crippen MR) is 83.3 cm³/mol. The van der Waals surface area contributed by atoms with Crippen LogP contribution in [0.25, 0.3) is 6.08 Å². The van der Waals surface area contributed by atoms with E-state index in [4.69, 9.17) is 4.74 Å². The van der Waals surface area contributed by atoms with Gasteiger partial charge >= 0.3 is 0 Å². The van der Waals surface area contributed by atoms with Crippen LogP contribution in [-0.4, -0.2) is 25.7 Å². The Labute approximate surface area is 121 Å². The van der Waals surface area contributed by atoms with Crippen molar-refractivity contribution < 1.29 is 9.53 Å². The fourth-order valence-electron chi connectivity index (χ4n) is 1.47. The van der Waals surface area contributed by atoms with Crippen LogP contribution in [0.15, 0.2) is 48.6 Å². The SMILES string of the molecule is CC(C)CNC(=O)C=CCOCC=Cc1ccccc1. The van der Waals surface area contributed by atoms with Crippen LogP contribution in [-0.2, 0) is 9.53 Å². The monoisotopic (exact) mass is 273 g/mol. The van der Waals surface area contributed by atoms with E-state index in [1.54, 1.807) is 6.08 Å². The summed E-state index contributed by atoms with van der Waals surface area (Å²) < 4.78 is 5.38. The lowest BCUT2D eigenvalue weighted by atomic mass is 10.2. The summed E-state index contributed by atoms with van der Waals surface area (Å²) in [6, 6.07) is 10.1. The van der Waals surface area contributed by atoms with Crippen LogP contribution in [0.3, 0.4) is 0 Å². The summed E-state index contributed by atoms with van der Waals surface area (Å²) in [5, 5.41) is 2.81. The van der Waals surface area contributed by atoms with E-state index < -0.39 is 0 Å². The molecule has 0 aromatic heterocycles. The molecule has 0 fully saturated rings. The minimum atomic E-state index is -0.0675. The van der Waals surface area contributed by atoms with Crippen LogP contribution in [0, 0.1) is 5.92 Å². The second kappa shape index (κ2) is 9.98. The van der Waals surface area contributed by atoms with Crippen LogP contribution >= 0.6 is 0 Å². The lowest BCUT2D eigenvalue weighted by Gasteiger charge is -2.04. The van der Waals surface area contributed by atoms with Crippen LogP contribution in [0.2, 0.25) is 0 Å². The minimum Gasteiger partial charge on any atom is -0.373 e. The quantitative estimate of drug-likeness (QED) is 0.584. The molecule has 1 amide bonds. The zero-order chi connectivity index (χ0) is 14.6. The summed E-state index contributed by atoms with van der Waals surface area (Å²) >= 11 is 0. The van der Waals surface area contributed by atoms with Crippen molar-refractivity contribution in [3.05, 3.63) is 54.1 Å². The first-order valence-electron chi connectivity index (χ1n) is 6.92. The summed E-state index contributed by atoms with van der Waals surface area (Å²) in [6.45, 7) is 5.79. The molecule has 0 unspecified atom stereocenters. The molecule has 1 aromatic rings. The standard InChI is InChI=1S/C17H23NO2/c1-15(2)14-18-17(19)11-7-13-20-12-6-10-16-8-4-3-5-9-16/h3-11,15H,12-14H2,1-2H3,(H,18,19). The van der Waals surface area contributed by atoms with Crippen molar-refractivity contribution >= 4 is 12.0 Å². The molecule has 0 aliphatic heterocycles. The van der Waals surface area contributed by atoms with Gasteiger partial charge < -0.3 is 10.1 Å². The molecule has 0 saturated carbocycles. The average molecular weight is 273 g/mol. The van der Waals surface area contributed by atoms with Crippen LogP contribution in [0.5, 0.6) is 0 Å². The topological polar surface area (TPSA) is 38.3 Å². The van der Waals surface area contributed by atoms with Gasteiger partial charge in [0.25, 0.3) is 0 Å². The van der Waals surface area contributed by atoms with Gasteiger partial charge in [0.05, 0.1) is 13.2 Å². The predicted octanol–water partition coefficient (Wildman–Crippen LogP) is 3.04.